The van der Waals surface area contributed by atoms with Crippen LogP contribution in [0.3, 0.4) is 0 Å². The maximum Gasteiger partial charge on any atom is 0.163 e. The van der Waals surface area contributed by atoms with Crippen molar-refractivity contribution in [1.29, 1.82) is 0 Å². The molecule has 1 aromatic carbocycles. The standard InChI is InChI=1S/C16H24OS/c1-5-17-15(18)14(12-16(2,3)4)11-13-9-7-6-8-10-13/h6-10,14H,5,11-12H2,1-4H3. The molecule has 0 fully saturated rings. The highest BCUT2D eigenvalue weighted by molar-refractivity contribution is 7.80. The van der Waals surface area contributed by atoms with E-state index < -0.39 is 0 Å². The van der Waals surface area contributed by atoms with Crippen molar-refractivity contribution < 1.29 is 4.74 Å². The van der Waals surface area contributed by atoms with Crippen molar-refractivity contribution in [3.8, 4) is 0 Å². The van der Waals surface area contributed by atoms with E-state index in [4.69, 9.17) is 17.0 Å². The van der Waals surface area contributed by atoms with E-state index in [1.54, 1.807) is 0 Å². The van der Waals surface area contributed by atoms with Crippen LogP contribution in [0.15, 0.2) is 30.3 Å². The Morgan fingerprint density at radius 1 is 1.22 bits per heavy atom. The van der Waals surface area contributed by atoms with E-state index >= 15 is 0 Å². The van der Waals surface area contributed by atoms with Crippen molar-refractivity contribution in [3.63, 3.8) is 0 Å². The minimum Gasteiger partial charge on any atom is -0.487 e. The Labute approximate surface area is 117 Å². The van der Waals surface area contributed by atoms with E-state index in [1.165, 1.54) is 5.56 Å². The molecule has 0 bridgehead atoms. The average molecular weight is 264 g/mol. The zero-order valence-corrected chi connectivity index (χ0v) is 12.7. The highest BCUT2D eigenvalue weighted by Gasteiger charge is 2.23. The SMILES string of the molecule is CCOC(=S)C(Cc1ccccc1)CC(C)(C)C. The molecule has 0 N–H and O–H groups in total. The van der Waals surface area contributed by atoms with Gasteiger partial charge in [0.25, 0.3) is 0 Å². The lowest BCUT2D eigenvalue weighted by Gasteiger charge is -2.26. The number of hydrogen-bond donors (Lipinski definition) is 0. The van der Waals surface area contributed by atoms with E-state index in [2.05, 4.69) is 45.0 Å². The quantitative estimate of drug-likeness (QED) is 0.716. The second-order valence-corrected chi connectivity index (χ2v) is 6.31. The smallest absolute Gasteiger partial charge is 0.163 e. The maximum absolute atomic E-state index is 5.55. The van der Waals surface area contributed by atoms with Crippen LogP contribution in [-0.4, -0.2) is 11.7 Å². The summed E-state index contributed by atoms with van der Waals surface area (Å²) in [4.78, 5) is 0. The molecule has 1 unspecified atom stereocenters. The fourth-order valence-corrected chi connectivity index (χ4v) is 2.42. The molecule has 18 heavy (non-hydrogen) atoms. The van der Waals surface area contributed by atoms with Crippen LogP contribution in [-0.2, 0) is 11.2 Å². The lowest BCUT2D eigenvalue weighted by Crippen LogP contribution is -2.24. The topological polar surface area (TPSA) is 9.23 Å². The van der Waals surface area contributed by atoms with Crippen LogP contribution in [0, 0.1) is 11.3 Å². The summed E-state index contributed by atoms with van der Waals surface area (Å²) in [5.41, 5.74) is 1.59. The molecule has 0 saturated carbocycles. The van der Waals surface area contributed by atoms with E-state index in [0.717, 1.165) is 17.9 Å². The minimum absolute atomic E-state index is 0.264. The number of hydrogen-bond acceptors (Lipinski definition) is 2. The van der Waals surface area contributed by atoms with Gasteiger partial charge in [-0.3, -0.25) is 0 Å². The first-order valence-corrected chi connectivity index (χ1v) is 7.04. The molecule has 0 saturated heterocycles. The highest BCUT2D eigenvalue weighted by atomic mass is 32.1. The van der Waals surface area contributed by atoms with E-state index in [0.29, 0.717) is 12.5 Å². The molecule has 0 aliphatic heterocycles. The first kappa shape index (κ1) is 15.2. The van der Waals surface area contributed by atoms with E-state index in [-0.39, 0.29) is 5.41 Å². The van der Waals surface area contributed by atoms with Crippen LogP contribution >= 0.6 is 12.2 Å². The van der Waals surface area contributed by atoms with Gasteiger partial charge in [-0.2, -0.15) is 0 Å². The van der Waals surface area contributed by atoms with Crippen LogP contribution in [0.1, 0.15) is 39.7 Å². The largest absolute Gasteiger partial charge is 0.487 e. The molecule has 0 aliphatic rings. The van der Waals surface area contributed by atoms with Gasteiger partial charge in [0.1, 0.15) is 0 Å². The third-order valence-corrected chi connectivity index (χ3v) is 3.25. The van der Waals surface area contributed by atoms with Crippen LogP contribution < -0.4 is 0 Å². The Bertz CT molecular complexity index is 364. The minimum atomic E-state index is 0.264. The Balaban J connectivity index is 2.74. The molecule has 1 rings (SSSR count). The molecule has 0 aromatic heterocycles. The summed E-state index contributed by atoms with van der Waals surface area (Å²) in [6, 6.07) is 10.5. The van der Waals surface area contributed by atoms with Crippen molar-refractivity contribution in [2.75, 3.05) is 6.61 Å². The van der Waals surface area contributed by atoms with Crippen molar-refractivity contribution in [3.05, 3.63) is 35.9 Å². The average Bonchev–Trinajstić information content (AvgIpc) is 2.28. The van der Waals surface area contributed by atoms with E-state index in [1.807, 2.05) is 13.0 Å². The first-order chi connectivity index (χ1) is 8.42. The third-order valence-electron chi connectivity index (χ3n) is 2.80. The molecule has 0 radical (unpaired) electrons. The Morgan fingerprint density at radius 2 is 1.83 bits per heavy atom. The van der Waals surface area contributed by atoms with Crippen LogP contribution in [0.2, 0.25) is 0 Å². The monoisotopic (exact) mass is 264 g/mol. The van der Waals surface area contributed by atoms with Crippen molar-refractivity contribution in [1.82, 2.24) is 0 Å². The van der Waals surface area contributed by atoms with Gasteiger partial charge in [-0.15, -0.1) is 0 Å². The lowest BCUT2D eigenvalue weighted by molar-refractivity contribution is 0.271. The van der Waals surface area contributed by atoms with Gasteiger partial charge in [-0.1, -0.05) is 51.1 Å². The van der Waals surface area contributed by atoms with Crippen LogP contribution in [0.25, 0.3) is 0 Å². The fourth-order valence-electron chi connectivity index (χ4n) is 2.14. The molecule has 1 nitrogen and oxygen atoms in total. The highest BCUT2D eigenvalue weighted by Crippen LogP contribution is 2.28. The lowest BCUT2D eigenvalue weighted by atomic mass is 9.82. The predicted molar refractivity (Wildman–Crippen MR) is 81.9 cm³/mol. The predicted octanol–water partition coefficient (Wildman–Crippen LogP) is 4.65. The van der Waals surface area contributed by atoms with Gasteiger partial charge < -0.3 is 4.74 Å². The molecule has 0 heterocycles. The van der Waals surface area contributed by atoms with Gasteiger partial charge in [0, 0.05) is 5.92 Å². The van der Waals surface area contributed by atoms with Gasteiger partial charge in [-0.25, -0.2) is 0 Å². The van der Waals surface area contributed by atoms with Gasteiger partial charge in [-0.05, 0) is 43.0 Å². The zero-order chi connectivity index (χ0) is 13.6. The van der Waals surface area contributed by atoms with Crippen molar-refractivity contribution >= 4 is 17.3 Å². The third kappa shape index (κ3) is 5.63. The van der Waals surface area contributed by atoms with E-state index in [9.17, 15) is 0 Å². The Hall–Kier alpha value is -0.890. The molecule has 0 spiro atoms. The second-order valence-electron chi connectivity index (χ2n) is 5.90. The van der Waals surface area contributed by atoms with Crippen molar-refractivity contribution in [2.24, 2.45) is 11.3 Å². The van der Waals surface area contributed by atoms with Gasteiger partial charge in [0.15, 0.2) is 5.05 Å². The first-order valence-electron chi connectivity index (χ1n) is 6.63. The number of rotatable bonds is 5. The summed E-state index contributed by atoms with van der Waals surface area (Å²) in [5, 5.41) is 0.760. The second kappa shape index (κ2) is 6.89. The maximum atomic E-state index is 5.55. The van der Waals surface area contributed by atoms with Crippen LogP contribution in [0.4, 0.5) is 0 Å². The molecule has 0 aliphatic carbocycles. The van der Waals surface area contributed by atoms with Gasteiger partial charge >= 0.3 is 0 Å². The Kier molecular flexibility index (Phi) is 5.80. The zero-order valence-electron chi connectivity index (χ0n) is 11.9. The number of ether oxygens (including phenoxy) is 1. The molecule has 2 heteroatoms. The fraction of sp³-hybridized carbons (Fsp3) is 0.562. The Morgan fingerprint density at radius 3 is 2.33 bits per heavy atom. The summed E-state index contributed by atoms with van der Waals surface area (Å²) in [5.74, 6) is 0.322. The summed E-state index contributed by atoms with van der Waals surface area (Å²) in [7, 11) is 0. The molecule has 1 atom stereocenters. The van der Waals surface area contributed by atoms with Gasteiger partial charge in [0.2, 0.25) is 0 Å². The molecule has 1 aromatic rings. The number of benzene rings is 1. The number of thiocarbonyl (C=S) groups is 1. The summed E-state index contributed by atoms with van der Waals surface area (Å²) in [6.45, 7) is 9.40. The van der Waals surface area contributed by atoms with Crippen LogP contribution in [0.5, 0.6) is 0 Å². The van der Waals surface area contributed by atoms with Crippen molar-refractivity contribution in [2.45, 2.75) is 40.5 Å². The molecular formula is C16H24OS. The molecular weight excluding hydrogens is 240 g/mol. The summed E-state index contributed by atoms with van der Waals surface area (Å²) >= 11 is 5.42. The summed E-state index contributed by atoms with van der Waals surface area (Å²) < 4.78 is 5.55. The summed E-state index contributed by atoms with van der Waals surface area (Å²) in [6.07, 6.45) is 2.03. The molecule has 0 amide bonds. The van der Waals surface area contributed by atoms with Gasteiger partial charge in [0.05, 0.1) is 6.61 Å². The molecule has 100 valence electrons. The normalized spacial score (nSPS) is 13.1.